The van der Waals surface area contributed by atoms with Crippen LogP contribution in [0, 0.1) is 0 Å². The maximum Gasteiger partial charge on any atom is 0.243 e. The van der Waals surface area contributed by atoms with E-state index < -0.39 is 6.29 Å². The molecule has 2 saturated heterocycles. The van der Waals surface area contributed by atoms with E-state index in [-0.39, 0.29) is 30.6 Å². The molecule has 2 heterocycles. The summed E-state index contributed by atoms with van der Waals surface area (Å²) in [4.78, 5) is 26.1. The molecule has 4 N–H and O–H groups in total. The highest BCUT2D eigenvalue weighted by molar-refractivity contribution is 5.76. The lowest BCUT2D eigenvalue weighted by Gasteiger charge is -2.39. The third-order valence-corrected chi connectivity index (χ3v) is 9.62. The summed E-state index contributed by atoms with van der Waals surface area (Å²) in [6.45, 7) is 3.59. The Hall–Kier alpha value is -3.60. The lowest BCUT2D eigenvalue weighted by atomic mass is 9.98. The van der Waals surface area contributed by atoms with Gasteiger partial charge in [-0.25, -0.2) is 5.48 Å². The van der Waals surface area contributed by atoms with E-state index in [1.807, 2.05) is 24.3 Å². The van der Waals surface area contributed by atoms with Gasteiger partial charge in [-0.1, -0.05) is 92.8 Å². The fourth-order valence-corrected chi connectivity index (χ4v) is 6.81. The van der Waals surface area contributed by atoms with Crippen LogP contribution in [0.15, 0.2) is 72.8 Å². The number of carbonyl (C=O) groups excluding carboxylic acids is 2. The minimum absolute atomic E-state index is 0.0120. The molecule has 0 radical (unpaired) electrons. The van der Waals surface area contributed by atoms with Gasteiger partial charge in [-0.3, -0.25) is 14.8 Å². The highest BCUT2D eigenvalue weighted by atomic mass is 16.7. The van der Waals surface area contributed by atoms with Crippen molar-refractivity contribution in [2.24, 2.45) is 0 Å². The molecule has 2 aliphatic rings. The number of likely N-dealkylation sites (tertiary alicyclic amines) is 1. The van der Waals surface area contributed by atoms with E-state index >= 15 is 0 Å². The number of hydroxylamine groups is 1. The second kappa shape index (κ2) is 19.6. The van der Waals surface area contributed by atoms with Gasteiger partial charge in [0.15, 0.2) is 6.29 Å². The topological polar surface area (TPSA) is 120 Å². The molecular weight excluding hydrogens is 618 g/mol. The lowest BCUT2D eigenvalue weighted by molar-refractivity contribution is -0.253. The Bertz CT molecular complexity index is 1460. The van der Waals surface area contributed by atoms with Crippen molar-refractivity contribution in [3.63, 3.8) is 0 Å². The van der Waals surface area contributed by atoms with Crippen LogP contribution in [0.3, 0.4) is 0 Å². The summed E-state index contributed by atoms with van der Waals surface area (Å²) in [7, 11) is 0. The van der Waals surface area contributed by atoms with Crippen molar-refractivity contribution in [3.8, 4) is 11.1 Å². The first-order valence-corrected chi connectivity index (χ1v) is 18.1. The summed E-state index contributed by atoms with van der Waals surface area (Å²) < 4.78 is 13.4. The largest absolute Gasteiger partial charge is 0.392 e. The lowest BCUT2D eigenvalue weighted by Crippen LogP contribution is -2.40. The van der Waals surface area contributed by atoms with Gasteiger partial charge >= 0.3 is 0 Å². The molecule has 9 nitrogen and oxygen atoms in total. The third kappa shape index (κ3) is 11.8. The first-order valence-electron chi connectivity index (χ1n) is 18.1. The molecule has 2 aliphatic heterocycles. The number of ether oxygens (including phenoxy) is 2. The first-order chi connectivity index (χ1) is 24.0. The standard InChI is InChI=1S/C40H53N3O6/c44-29-30-18-20-32(21-19-30)37-26-36(28-43-22-8-4-1-5-9-23-43)48-40(49-37)35-15-11-14-34(25-35)33-13-10-12-31(24-33)27-41-38(45)16-6-2-3-7-17-39(46)42-47/h10-15,18-21,24-25,36-37,40,44,47H,1-9,16-17,22-23,26-29H2,(H,41,45)(H,42,46)/t36-,37+,40+/m0/s1. The number of aliphatic hydroxyl groups is 1. The van der Waals surface area contributed by atoms with Gasteiger partial charge in [-0.2, -0.15) is 0 Å². The van der Waals surface area contributed by atoms with Gasteiger partial charge in [0, 0.05) is 37.9 Å². The van der Waals surface area contributed by atoms with Crippen LogP contribution in [0.25, 0.3) is 11.1 Å². The van der Waals surface area contributed by atoms with Crippen LogP contribution in [-0.2, 0) is 32.2 Å². The van der Waals surface area contributed by atoms with Crippen LogP contribution in [-0.4, -0.2) is 52.8 Å². The van der Waals surface area contributed by atoms with E-state index in [1.54, 1.807) is 5.48 Å². The number of nitrogens with one attached hydrogen (secondary N) is 2. The maximum atomic E-state index is 12.5. The SMILES string of the molecule is O=C(CCCCCCC(=O)NCc1cccc(-c2cccc([C@@H]3O[C@H](CN4CCCCCCC4)C[C@H](c4ccc(CO)cc4)O3)c2)c1)NO. The van der Waals surface area contributed by atoms with Crippen LogP contribution >= 0.6 is 0 Å². The summed E-state index contributed by atoms with van der Waals surface area (Å²) in [6, 6.07) is 24.7. The molecular formula is C40H53N3O6. The summed E-state index contributed by atoms with van der Waals surface area (Å²) in [5.74, 6) is -0.363. The Morgan fingerprint density at radius 1 is 0.735 bits per heavy atom. The van der Waals surface area contributed by atoms with E-state index in [0.717, 1.165) is 78.7 Å². The molecule has 0 aromatic heterocycles. The van der Waals surface area contributed by atoms with Gasteiger partial charge in [0.2, 0.25) is 11.8 Å². The minimum atomic E-state index is -0.509. The second-order valence-electron chi connectivity index (χ2n) is 13.5. The Labute approximate surface area is 291 Å². The molecule has 264 valence electrons. The second-order valence-corrected chi connectivity index (χ2v) is 13.5. The summed E-state index contributed by atoms with van der Waals surface area (Å²) >= 11 is 0. The minimum Gasteiger partial charge on any atom is -0.392 e. The normalized spacial score (nSPS) is 20.2. The van der Waals surface area contributed by atoms with E-state index in [0.29, 0.717) is 25.8 Å². The summed E-state index contributed by atoms with van der Waals surface area (Å²) in [5.41, 5.74) is 7.75. The van der Waals surface area contributed by atoms with Crippen molar-refractivity contribution in [2.75, 3.05) is 19.6 Å². The van der Waals surface area contributed by atoms with Gasteiger partial charge in [-0.15, -0.1) is 0 Å². The maximum absolute atomic E-state index is 12.5. The van der Waals surface area contributed by atoms with Gasteiger partial charge < -0.3 is 24.8 Å². The third-order valence-electron chi connectivity index (χ3n) is 9.62. The van der Waals surface area contributed by atoms with Gasteiger partial charge in [0.25, 0.3) is 0 Å². The van der Waals surface area contributed by atoms with Crippen molar-refractivity contribution in [2.45, 2.75) is 109 Å². The first kappa shape index (κ1) is 36.7. The molecule has 49 heavy (non-hydrogen) atoms. The molecule has 0 spiro atoms. The van der Waals surface area contributed by atoms with Crippen molar-refractivity contribution in [1.29, 1.82) is 0 Å². The highest BCUT2D eigenvalue weighted by Gasteiger charge is 2.33. The fourth-order valence-electron chi connectivity index (χ4n) is 6.81. The molecule has 2 amide bonds. The van der Waals surface area contributed by atoms with Crippen LogP contribution in [0.4, 0.5) is 0 Å². The predicted molar refractivity (Wildman–Crippen MR) is 189 cm³/mol. The van der Waals surface area contributed by atoms with E-state index in [2.05, 4.69) is 58.7 Å². The molecule has 3 aromatic carbocycles. The average Bonchev–Trinajstić information content (AvgIpc) is 3.13. The number of benzene rings is 3. The van der Waals surface area contributed by atoms with E-state index in [9.17, 15) is 14.7 Å². The zero-order valence-electron chi connectivity index (χ0n) is 28.7. The molecule has 5 rings (SSSR count). The molecule has 0 bridgehead atoms. The van der Waals surface area contributed by atoms with Crippen molar-refractivity contribution in [3.05, 3.63) is 95.1 Å². The number of amides is 2. The van der Waals surface area contributed by atoms with Crippen molar-refractivity contribution in [1.82, 2.24) is 15.7 Å². The molecule has 0 unspecified atom stereocenters. The monoisotopic (exact) mass is 671 g/mol. The Morgan fingerprint density at radius 2 is 1.41 bits per heavy atom. The Balaban J connectivity index is 1.22. The zero-order valence-corrected chi connectivity index (χ0v) is 28.7. The van der Waals surface area contributed by atoms with Gasteiger partial charge in [0.1, 0.15) is 0 Å². The zero-order chi connectivity index (χ0) is 34.3. The van der Waals surface area contributed by atoms with Crippen LogP contribution in [0.2, 0.25) is 0 Å². The molecule has 2 fully saturated rings. The fraction of sp³-hybridized carbons (Fsp3) is 0.500. The number of unbranched alkanes of at least 4 members (excludes halogenated alkanes) is 3. The van der Waals surface area contributed by atoms with Crippen molar-refractivity contribution < 1.29 is 29.4 Å². The van der Waals surface area contributed by atoms with Crippen LogP contribution in [0.1, 0.15) is 112 Å². The van der Waals surface area contributed by atoms with Gasteiger partial charge in [-0.05, 0) is 78.7 Å². The number of hydrogen-bond donors (Lipinski definition) is 4. The molecule has 0 saturated carbocycles. The number of aliphatic hydroxyl groups excluding tert-OH is 1. The summed E-state index contributed by atoms with van der Waals surface area (Å²) in [6.07, 6.45) is 10.5. The smallest absolute Gasteiger partial charge is 0.243 e. The summed E-state index contributed by atoms with van der Waals surface area (Å²) in [5, 5.41) is 21.2. The predicted octanol–water partition coefficient (Wildman–Crippen LogP) is 7.12. The Morgan fingerprint density at radius 3 is 2.12 bits per heavy atom. The van der Waals surface area contributed by atoms with E-state index in [1.165, 1.54) is 32.1 Å². The van der Waals surface area contributed by atoms with Crippen LogP contribution < -0.4 is 10.8 Å². The quantitative estimate of drug-likeness (QED) is 0.0772. The number of nitrogens with zero attached hydrogens (tertiary/aromatic N) is 1. The average molecular weight is 672 g/mol. The molecule has 3 aromatic rings. The number of carbonyl (C=O) groups is 2. The number of hydrogen-bond acceptors (Lipinski definition) is 7. The van der Waals surface area contributed by atoms with E-state index in [4.69, 9.17) is 14.7 Å². The Kier molecular flexibility index (Phi) is 14.6. The molecule has 0 aliphatic carbocycles. The van der Waals surface area contributed by atoms with Gasteiger partial charge in [0.05, 0.1) is 18.8 Å². The number of rotatable bonds is 15. The van der Waals surface area contributed by atoms with Crippen molar-refractivity contribution >= 4 is 11.8 Å². The van der Waals surface area contributed by atoms with Crippen LogP contribution in [0.5, 0.6) is 0 Å². The highest BCUT2D eigenvalue weighted by Crippen LogP contribution is 2.39. The molecule has 9 heteroatoms. The molecule has 3 atom stereocenters.